The van der Waals surface area contributed by atoms with Crippen LogP contribution in [0.2, 0.25) is 0 Å². The highest BCUT2D eigenvalue weighted by Crippen LogP contribution is 2.08. The number of rotatable bonds is 5. The highest BCUT2D eigenvalue weighted by atomic mass is 16.3. The Morgan fingerprint density at radius 1 is 1.29 bits per heavy atom. The Labute approximate surface area is 137 Å². The van der Waals surface area contributed by atoms with Crippen LogP contribution in [0.15, 0.2) is 64.9 Å². The maximum Gasteiger partial charge on any atom is 0.262 e. The average Bonchev–Trinajstić information content (AvgIpc) is 3.30. The molecule has 2 heterocycles. The van der Waals surface area contributed by atoms with Crippen molar-refractivity contribution in [3.05, 3.63) is 72.0 Å². The Kier molecular flexibility index (Phi) is 4.49. The van der Waals surface area contributed by atoms with Gasteiger partial charge in [0, 0.05) is 0 Å². The third kappa shape index (κ3) is 3.56. The lowest BCUT2D eigenvalue weighted by Gasteiger charge is -2.01. The van der Waals surface area contributed by atoms with Crippen LogP contribution in [0.25, 0.3) is 11.8 Å². The van der Waals surface area contributed by atoms with E-state index in [1.165, 1.54) is 23.3 Å². The lowest BCUT2D eigenvalue weighted by molar-refractivity contribution is -0.117. The van der Waals surface area contributed by atoms with E-state index in [4.69, 9.17) is 4.42 Å². The zero-order chi connectivity index (χ0) is 16.8. The maximum absolute atomic E-state index is 12.1. The molecule has 0 fully saturated rings. The van der Waals surface area contributed by atoms with Gasteiger partial charge in [-0.3, -0.25) is 4.79 Å². The number of furan rings is 1. The summed E-state index contributed by atoms with van der Waals surface area (Å²) in [5.74, 6) is 0.110. The van der Waals surface area contributed by atoms with Gasteiger partial charge in [-0.25, -0.2) is 0 Å². The molecule has 1 N–H and O–H groups in total. The second-order valence-corrected chi connectivity index (χ2v) is 4.83. The van der Waals surface area contributed by atoms with Crippen molar-refractivity contribution in [2.24, 2.45) is 0 Å². The SMILES string of the molecule is N#CC(=Cc1cnn(-c2ccccc2)n1)C(=O)NCc1ccco1. The molecule has 0 unspecified atom stereocenters. The number of nitriles is 1. The van der Waals surface area contributed by atoms with Gasteiger partial charge in [0.25, 0.3) is 5.91 Å². The minimum atomic E-state index is -0.497. The Morgan fingerprint density at radius 2 is 2.12 bits per heavy atom. The van der Waals surface area contributed by atoms with Crippen LogP contribution in [-0.2, 0) is 11.3 Å². The van der Waals surface area contributed by atoms with Crippen LogP contribution in [0.1, 0.15) is 11.5 Å². The van der Waals surface area contributed by atoms with Crippen molar-refractivity contribution in [3.63, 3.8) is 0 Å². The smallest absolute Gasteiger partial charge is 0.262 e. The molecule has 2 aromatic heterocycles. The van der Waals surface area contributed by atoms with Gasteiger partial charge >= 0.3 is 0 Å². The van der Waals surface area contributed by atoms with Gasteiger partial charge in [0.15, 0.2) is 0 Å². The summed E-state index contributed by atoms with van der Waals surface area (Å²) in [4.78, 5) is 13.5. The summed E-state index contributed by atoms with van der Waals surface area (Å²) in [6, 6.07) is 14.7. The highest BCUT2D eigenvalue weighted by Gasteiger charge is 2.11. The predicted molar refractivity (Wildman–Crippen MR) is 85.5 cm³/mol. The summed E-state index contributed by atoms with van der Waals surface area (Å²) in [6.45, 7) is 0.210. The summed E-state index contributed by atoms with van der Waals surface area (Å²) in [5.41, 5.74) is 1.16. The molecule has 1 amide bonds. The van der Waals surface area contributed by atoms with E-state index in [9.17, 15) is 10.1 Å². The summed E-state index contributed by atoms with van der Waals surface area (Å²) in [7, 11) is 0. The van der Waals surface area contributed by atoms with Crippen molar-refractivity contribution in [1.82, 2.24) is 20.3 Å². The van der Waals surface area contributed by atoms with Crippen LogP contribution in [0, 0.1) is 11.3 Å². The fraction of sp³-hybridized carbons (Fsp3) is 0.0588. The van der Waals surface area contributed by atoms with E-state index >= 15 is 0 Å². The van der Waals surface area contributed by atoms with Crippen LogP contribution in [0.4, 0.5) is 0 Å². The number of carbonyl (C=O) groups excluding carboxylic acids is 1. The number of benzene rings is 1. The number of aromatic nitrogens is 3. The minimum Gasteiger partial charge on any atom is -0.467 e. The fourth-order valence-corrected chi connectivity index (χ4v) is 2.00. The van der Waals surface area contributed by atoms with Gasteiger partial charge in [-0.1, -0.05) is 18.2 Å². The van der Waals surface area contributed by atoms with Crippen LogP contribution < -0.4 is 5.32 Å². The molecule has 0 aliphatic heterocycles. The van der Waals surface area contributed by atoms with Gasteiger partial charge in [-0.2, -0.15) is 15.2 Å². The van der Waals surface area contributed by atoms with E-state index < -0.39 is 5.91 Å². The molecular formula is C17H13N5O2. The third-order valence-electron chi connectivity index (χ3n) is 3.16. The molecule has 7 nitrogen and oxygen atoms in total. The molecule has 118 valence electrons. The predicted octanol–water partition coefficient (Wildman–Crippen LogP) is 2.08. The van der Waals surface area contributed by atoms with Crippen LogP contribution in [-0.4, -0.2) is 20.9 Å². The molecular weight excluding hydrogens is 306 g/mol. The second kappa shape index (κ2) is 7.07. The Balaban J connectivity index is 1.72. The standard InChI is InChI=1S/C17H13N5O2/c18-10-13(17(23)19-12-16-7-4-8-24-16)9-14-11-20-22(21-14)15-5-2-1-3-6-15/h1-9,11H,12H2,(H,19,23). The van der Waals surface area contributed by atoms with Crippen molar-refractivity contribution in [2.75, 3.05) is 0 Å². The lowest BCUT2D eigenvalue weighted by Crippen LogP contribution is -2.23. The largest absolute Gasteiger partial charge is 0.467 e. The van der Waals surface area contributed by atoms with Gasteiger partial charge in [-0.05, 0) is 30.3 Å². The molecule has 0 bridgehead atoms. The van der Waals surface area contributed by atoms with Crippen molar-refractivity contribution in [1.29, 1.82) is 5.26 Å². The van der Waals surface area contributed by atoms with Crippen LogP contribution in [0.3, 0.4) is 0 Å². The molecule has 0 aliphatic rings. The number of amides is 1. The highest BCUT2D eigenvalue weighted by molar-refractivity contribution is 6.01. The summed E-state index contributed by atoms with van der Waals surface area (Å²) < 4.78 is 5.13. The Morgan fingerprint density at radius 3 is 2.83 bits per heavy atom. The van der Waals surface area contributed by atoms with Gasteiger partial charge < -0.3 is 9.73 Å². The van der Waals surface area contributed by atoms with Crippen molar-refractivity contribution >= 4 is 12.0 Å². The molecule has 0 atom stereocenters. The Bertz CT molecular complexity index is 889. The van der Waals surface area contributed by atoms with Gasteiger partial charge in [-0.15, -0.1) is 5.10 Å². The molecule has 7 heteroatoms. The summed E-state index contributed by atoms with van der Waals surface area (Å²) in [5, 5.41) is 20.2. The van der Waals surface area contributed by atoms with Gasteiger partial charge in [0.1, 0.15) is 23.1 Å². The molecule has 0 radical (unpaired) electrons. The molecule has 1 aromatic carbocycles. The number of hydrogen-bond donors (Lipinski definition) is 1. The van der Waals surface area contributed by atoms with Gasteiger partial charge in [0.2, 0.25) is 0 Å². The quantitative estimate of drug-likeness (QED) is 0.573. The fourth-order valence-electron chi connectivity index (χ4n) is 2.00. The van der Waals surface area contributed by atoms with Gasteiger partial charge in [0.05, 0.1) is 24.7 Å². The van der Waals surface area contributed by atoms with Crippen LogP contribution in [0.5, 0.6) is 0 Å². The number of hydrogen-bond acceptors (Lipinski definition) is 5. The van der Waals surface area contributed by atoms with Crippen molar-refractivity contribution < 1.29 is 9.21 Å². The normalized spacial score (nSPS) is 11.0. The average molecular weight is 319 g/mol. The van der Waals surface area contributed by atoms with Crippen molar-refractivity contribution in [2.45, 2.75) is 6.54 Å². The summed E-state index contributed by atoms with van der Waals surface area (Å²) >= 11 is 0. The zero-order valence-electron chi connectivity index (χ0n) is 12.6. The van der Waals surface area contributed by atoms with Crippen molar-refractivity contribution in [3.8, 4) is 11.8 Å². The van der Waals surface area contributed by atoms with E-state index in [1.54, 1.807) is 12.1 Å². The number of para-hydroxylation sites is 1. The molecule has 0 saturated heterocycles. The molecule has 0 saturated carbocycles. The molecule has 3 aromatic rings. The zero-order valence-corrected chi connectivity index (χ0v) is 12.6. The molecule has 3 rings (SSSR count). The monoisotopic (exact) mass is 319 g/mol. The molecule has 24 heavy (non-hydrogen) atoms. The third-order valence-corrected chi connectivity index (χ3v) is 3.16. The Hall–Kier alpha value is -3.66. The second-order valence-electron chi connectivity index (χ2n) is 4.83. The van der Waals surface area contributed by atoms with E-state index in [-0.39, 0.29) is 12.1 Å². The van der Waals surface area contributed by atoms with E-state index in [0.29, 0.717) is 11.5 Å². The maximum atomic E-state index is 12.1. The first-order valence-corrected chi connectivity index (χ1v) is 7.16. The first-order chi connectivity index (χ1) is 11.8. The van der Waals surface area contributed by atoms with E-state index in [0.717, 1.165) is 5.69 Å². The topological polar surface area (TPSA) is 96.7 Å². The summed E-state index contributed by atoms with van der Waals surface area (Å²) in [6.07, 6.45) is 4.40. The number of nitrogens with one attached hydrogen (secondary N) is 1. The first kappa shape index (κ1) is 15.2. The number of nitrogens with zero attached hydrogens (tertiary/aromatic N) is 4. The lowest BCUT2D eigenvalue weighted by atomic mass is 10.2. The molecule has 0 aliphatic carbocycles. The first-order valence-electron chi connectivity index (χ1n) is 7.16. The number of carbonyl (C=O) groups is 1. The van der Waals surface area contributed by atoms with E-state index in [2.05, 4.69) is 15.5 Å². The van der Waals surface area contributed by atoms with Crippen LogP contribution >= 0.6 is 0 Å². The molecule has 0 spiro atoms. The van der Waals surface area contributed by atoms with E-state index in [1.807, 2.05) is 36.4 Å². The minimum absolute atomic E-state index is 0.0540.